The zero-order valence-corrected chi connectivity index (χ0v) is 14.7. The lowest BCUT2D eigenvalue weighted by molar-refractivity contribution is 0.102. The Balaban J connectivity index is 1.32. The van der Waals surface area contributed by atoms with Crippen molar-refractivity contribution in [2.45, 2.75) is 12.8 Å². The Kier molecular flexibility index (Phi) is 4.88. The number of hydrogen-bond acceptors (Lipinski definition) is 3. The highest BCUT2D eigenvalue weighted by molar-refractivity contribution is 6.06. The molecule has 1 aromatic heterocycles. The number of aromatic amines is 1. The maximum absolute atomic E-state index is 12.4. The molecule has 1 saturated heterocycles. The average Bonchev–Trinajstić information content (AvgIpc) is 3.34. The van der Waals surface area contributed by atoms with Gasteiger partial charge in [0.1, 0.15) is 12.4 Å². The maximum atomic E-state index is 12.4. The van der Waals surface area contributed by atoms with Crippen LogP contribution in [0.4, 0.5) is 5.69 Å². The number of aromatic nitrogens is 1. The van der Waals surface area contributed by atoms with Crippen LogP contribution >= 0.6 is 0 Å². The number of fused-ring (bicyclic) bond motifs is 1. The summed E-state index contributed by atoms with van der Waals surface area (Å²) < 4.78 is 5.79. The van der Waals surface area contributed by atoms with E-state index in [4.69, 9.17) is 4.74 Å². The first-order valence-electron chi connectivity index (χ1n) is 9.12. The Morgan fingerprint density at radius 3 is 2.69 bits per heavy atom. The number of carbonyl (C=O) groups is 1. The van der Waals surface area contributed by atoms with Gasteiger partial charge >= 0.3 is 0 Å². The van der Waals surface area contributed by atoms with Gasteiger partial charge in [0.25, 0.3) is 5.91 Å². The molecule has 1 aliphatic rings. The Labute approximate surface area is 153 Å². The first-order valence-corrected chi connectivity index (χ1v) is 9.12. The van der Waals surface area contributed by atoms with E-state index in [-0.39, 0.29) is 5.91 Å². The van der Waals surface area contributed by atoms with E-state index in [0.717, 1.165) is 28.9 Å². The molecule has 0 saturated carbocycles. The van der Waals surface area contributed by atoms with Crippen molar-refractivity contribution in [3.8, 4) is 5.75 Å². The summed E-state index contributed by atoms with van der Waals surface area (Å²) in [4.78, 5) is 18.0. The van der Waals surface area contributed by atoms with Crippen molar-refractivity contribution in [3.05, 3.63) is 60.3 Å². The van der Waals surface area contributed by atoms with E-state index in [1.165, 1.54) is 25.9 Å². The number of rotatable bonds is 6. The molecule has 1 aliphatic heterocycles. The molecule has 0 aliphatic carbocycles. The molecular formula is C21H23N3O2. The molecule has 1 amide bonds. The highest BCUT2D eigenvalue weighted by Gasteiger charge is 2.11. The Bertz CT molecular complexity index is 880. The number of carbonyl (C=O) groups excluding carboxylic acids is 1. The predicted octanol–water partition coefficient (Wildman–Crippen LogP) is 3.89. The van der Waals surface area contributed by atoms with Crippen molar-refractivity contribution in [1.82, 2.24) is 9.88 Å². The Morgan fingerprint density at radius 2 is 1.88 bits per heavy atom. The first kappa shape index (κ1) is 16.7. The smallest absolute Gasteiger partial charge is 0.255 e. The normalized spacial score (nSPS) is 14.6. The number of hydrogen-bond donors (Lipinski definition) is 2. The third-order valence-corrected chi connectivity index (χ3v) is 4.80. The summed E-state index contributed by atoms with van der Waals surface area (Å²) in [6, 6.07) is 15.1. The minimum absolute atomic E-state index is 0.115. The molecule has 5 heteroatoms. The van der Waals surface area contributed by atoms with E-state index in [0.29, 0.717) is 12.2 Å². The van der Waals surface area contributed by atoms with Crippen LogP contribution in [0.15, 0.2) is 54.7 Å². The highest BCUT2D eigenvalue weighted by atomic mass is 16.5. The van der Waals surface area contributed by atoms with Gasteiger partial charge < -0.3 is 15.0 Å². The van der Waals surface area contributed by atoms with Gasteiger partial charge in [0.15, 0.2) is 0 Å². The number of nitrogens with one attached hydrogen (secondary N) is 2. The SMILES string of the molecule is O=C(Nc1ccc(OCCN2CCCC2)cc1)c1ccc2[nH]ccc2c1. The molecular weight excluding hydrogens is 326 g/mol. The summed E-state index contributed by atoms with van der Waals surface area (Å²) in [7, 11) is 0. The second-order valence-electron chi connectivity index (χ2n) is 6.66. The molecule has 2 N–H and O–H groups in total. The van der Waals surface area contributed by atoms with E-state index >= 15 is 0 Å². The number of anilines is 1. The lowest BCUT2D eigenvalue weighted by Crippen LogP contribution is -2.25. The van der Waals surface area contributed by atoms with Crippen molar-refractivity contribution >= 4 is 22.5 Å². The van der Waals surface area contributed by atoms with E-state index in [9.17, 15) is 4.79 Å². The second-order valence-corrected chi connectivity index (χ2v) is 6.66. The van der Waals surface area contributed by atoms with Gasteiger partial charge in [-0.05, 0) is 74.5 Å². The summed E-state index contributed by atoms with van der Waals surface area (Å²) >= 11 is 0. The third kappa shape index (κ3) is 3.89. The van der Waals surface area contributed by atoms with Crippen LogP contribution in [0.1, 0.15) is 23.2 Å². The summed E-state index contributed by atoms with van der Waals surface area (Å²) in [6.07, 6.45) is 4.46. The molecule has 0 bridgehead atoms. The Morgan fingerprint density at radius 1 is 1.08 bits per heavy atom. The highest BCUT2D eigenvalue weighted by Crippen LogP contribution is 2.19. The molecule has 0 atom stereocenters. The lowest BCUT2D eigenvalue weighted by Gasteiger charge is -2.15. The van der Waals surface area contributed by atoms with Crippen molar-refractivity contribution in [2.24, 2.45) is 0 Å². The average molecular weight is 349 g/mol. The van der Waals surface area contributed by atoms with Gasteiger partial charge in [-0.1, -0.05) is 0 Å². The molecule has 4 rings (SSSR count). The number of amides is 1. The zero-order valence-electron chi connectivity index (χ0n) is 14.7. The minimum atomic E-state index is -0.115. The van der Waals surface area contributed by atoms with Gasteiger partial charge in [0, 0.05) is 34.9 Å². The molecule has 26 heavy (non-hydrogen) atoms. The molecule has 0 unspecified atom stereocenters. The predicted molar refractivity (Wildman–Crippen MR) is 104 cm³/mol. The van der Waals surface area contributed by atoms with Crippen LogP contribution < -0.4 is 10.1 Å². The molecule has 0 spiro atoms. The molecule has 5 nitrogen and oxygen atoms in total. The standard InChI is InChI=1S/C21H23N3O2/c25-21(17-3-8-20-16(15-17)9-10-22-20)23-18-4-6-19(7-5-18)26-14-13-24-11-1-2-12-24/h3-10,15,22H,1-2,11-14H2,(H,23,25). The van der Waals surface area contributed by atoms with E-state index in [1.807, 2.05) is 54.7 Å². The van der Waals surface area contributed by atoms with Crippen molar-refractivity contribution in [2.75, 3.05) is 31.6 Å². The number of nitrogens with zero attached hydrogens (tertiary/aromatic N) is 1. The van der Waals surface area contributed by atoms with Gasteiger partial charge in [0.05, 0.1) is 0 Å². The fourth-order valence-electron chi connectivity index (χ4n) is 3.33. The van der Waals surface area contributed by atoms with Crippen LogP contribution in [0.3, 0.4) is 0 Å². The molecule has 2 aromatic carbocycles. The summed E-state index contributed by atoms with van der Waals surface area (Å²) in [6.45, 7) is 4.04. The van der Waals surface area contributed by atoms with Crippen LogP contribution in [0, 0.1) is 0 Å². The van der Waals surface area contributed by atoms with E-state index in [1.54, 1.807) is 0 Å². The third-order valence-electron chi connectivity index (χ3n) is 4.80. The van der Waals surface area contributed by atoms with E-state index in [2.05, 4.69) is 15.2 Å². The topological polar surface area (TPSA) is 57.4 Å². The molecule has 2 heterocycles. The van der Waals surface area contributed by atoms with Gasteiger partial charge in [-0.15, -0.1) is 0 Å². The largest absolute Gasteiger partial charge is 0.492 e. The molecule has 134 valence electrons. The van der Waals surface area contributed by atoms with Gasteiger partial charge in [0.2, 0.25) is 0 Å². The monoisotopic (exact) mass is 349 g/mol. The Hall–Kier alpha value is -2.79. The number of benzene rings is 2. The van der Waals surface area contributed by atoms with Crippen molar-refractivity contribution < 1.29 is 9.53 Å². The van der Waals surface area contributed by atoms with Crippen LogP contribution in [0.5, 0.6) is 5.75 Å². The molecule has 3 aromatic rings. The van der Waals surface area contributed by atoms with Gasteiger partial charge in [-0.2, -0.15) is 0 Å². The number of H-pyrrole nitrogens is 1. The van der Waals surface area contributed by atoms with E-state index < -0.39 is 0 Å². The van der Waals surface area contributed by atoms with Crippen LogP contribution in [0.25, 0.3) is 10.9 Å². The van der Waals surface area contributed by atoms with Gasteiger partial charge in [-0.3, -0.25) is 9.69 Å². The van der Waals surface area contributed by atoms with Crippen molar-refractivity contribution in [3.63, 3.8) is 0 Å². The second kappa shape index (κ2) is 7.62. The van der Waals surface area contributed by atoms with Crippen molar-refractivity contribution in [1.29, 1.82) is 0 Å². The van der Waals surface area contributed by atoms with Crippen LogP contribution in [0.2, 0.25) is 0 Å². The molecule has 1 fully saturated rings. The number of likely N-dealkylation sites (tertiary alicyclic amines) is 1. The minimum Gasteiger partial charge on any atom is -0.492 e. The summed E-state index contributed by atoms with van der Waals surface area (Å²) in [5.41, 5.74) is 2.43. The van der Waals surface area contributed by atoms with Gasteiger partial charge in [-0.25, -0.2) is 0 Å². The maximum Gasteiger partial charge on any atom is 0.255 e. The molecule has 0 radical (unpaired) electrons. The fraction of sp³-hybridized carbons (Fsp3) is 0.286. The quantitative estimate of drug-likeness (QED) is 0.710. The van der Waals surface area contributed by atoms with Crippen LogP contribution in [-0.4, -0.2) is 42.0 Å². The number of ether oxygens (including phenoxy) is 1. The zero-order chi connectivity index (χ0) is 17.8. The fourth-order valence-corrected chi connectivity index (χ4v) is 3.33. The van der Waals surface area contributed by atoms with Crippen LogP contribution in [-0.2, 0) is 0 Å². The first-order chi connectivity index (χ1) is 12.8. The summed E-state index contributed by atoms with van der Waals surface area (Å²) in [5, 5.41) is 3.96. The summed E-state index contributed by atoms with van der Waals surface area (Å²) in [5.74, 6) is 0.715. The lowest BCUT2D eigenvalue weighted by atomic mass is 10.1.